The van der Waals surface area contributed by atoms with E-state index < -0.39 is 0 Å². The second kappa shape index (κ2) is 6.60. The molecule has 1 heterocycles. The van der Waals surface area contributed by atoms with Crippen LogP contribution in [0.1, 0.15) is 12.5 Å². The van der Waals surface area contributed by atoms with E-state index in [0.29, 0.717) is 19.8 Å². The van der Waals surface area contributed by atoms with Crippen LogP contribution in [0.3, 0.4) is 0 Å². The lowest BCUT2D eigenvalue weighted by Gasteiger charge is -2.19. The average Bonchev–Trinajstić information content (AvgIpc) is 2.82. The van der Waals surface area contributed by atoms with Gasteiger partial charge >= 0.3 is 0 Å². The van der Waals surface area contributed by atoms with E-state index >= 15 is 0 Å². The van der Waals surface area contributed by atoms with Crippen LogP contribution in [0, 0.1) is 0 Å². The molecule has 2 aromatic rings. The molecule has 0 saturated carbocycles. The maximum atomic E-state index is 9.02. The first kappa shape index (κ1) is 13.9. The van der Waals surface area contributed by atoms with Crippen molar-refractivity contribution in [3.63, 3.8) is 0 Å². The Morgan fingerprint density at radius 2 is 1.95 bits per heavy atom. The summed E-state index contributed by atoms with van der Waals surface area (Å²) in [7, 11) is 0. The van der Waals surface area contributed by atoms with Crippen molar-refractivity contribution in [1.82, 2.24) is 19.9 Å². The van der Waals surface area contributed by atoms with E-state index in [4.69, 9.17) is 10.2 Å². The SMILES string of the molecule is CCc1cccc2c1nnn2CN(CCO)CCO. The number of nitrogens with zero attached hydrogens (tertiary/aromatic N) is 4. The predicted molar refractivity (Wildman–Crippen MR) is 72.7 cm³/mol. The first-order valence-corrected chi connectivity index (χ1v) is 6.55. The summed E-state index contributed by atoms with van der Waals surface area (Å²) in [6.07, 6.45) is 0.924. The molecule has 0 radical (unpaired) electrons. The molecule has 0 aliphatic carbocycles. The summed E-state index contributed by atoms with van der Waals surface area (Å²) in [5.41, 5.74) is 3.10. The maximum Gasteiger partial charge on any atom is 0.116 e. The van der Waals surface area contributed by atoms with Gasteiger partial charge in [-0.05, 0) is 18.1 Å². The second-order valence-corrected chi connectivity index (χ2v) is 4.43. The summed E-state index contributed by atoms with van der Waals surface area (Å²) in [6.45, 7) is 3.76. The molecule has 0 unspecified atom stereocenters. The average molecular weight is 264 g/mol. The predicted octanol–water partition coefficient (Wildman–Crippen LogP) is 0.238. The Balaban J connectivity index is 2.25. The smallest absolute Gasteiger partial charge is 0.116 e. The van der Waals surface area contributed by atoms with Crippen molar-refractivity contribution in [3.8, 4) is 0 Å². The van der Waals surface area contributed by atoms with E-state index in [1.54, 1.807) is 4.68 Å². The molecule has 1 aromatic heterocycles. The number of rotatable bonds is 7. The number of aliphatic hydroxyl groups excluding tert-OH is 2. The summed E-state index contributed by atoms with van der Waals surface area (Å²) in [4.78, 5) is 1.94. The molecule has 0 atom stereocenters. The highest BCUT2D eigenvalue weighted by Crippen LogP contribution is 2.16. The Kier molecular flexibility index (Phi) is 4.84. The van der Waals surface area contributed by atoms with Crippen molar-refractivity contribution < 1.29 is 10.2 Å². The van der Waals surface area contributed by atoms with E-state index in [1.807, 2.05) is 17.0 Å². The Morgan fingerprint density at radius 3 is 2.58 bits per heavy atom. The Hall–Kier alpha value is -1.50. The minimum Gasteiger partial charge on any atom is -0.395 e. The fourth-order valence-electron chi connectivity index (χ4n) is 2.16. The number of aliphatic hydroxyl groups is 2. The molecule has 0 aliphatic heterocycles. The molecule has 0 fully saturated rings. The van der Waals surface area contributed by atoms with Crippen LogP contribution in [0.25, 0.3) is 11.0 Å². The van der Waals surface area contributed by atoms with Gasteiger partial charge in [0, 0.05) is 13.1 Å². The zero-order valence-corrected chi connectivity index (χ0v) is 11.2. The van der Waals surface area contributed by atoms with Gasteiger partial charge in [0.25, 0.3) is 0 Å². The van der Waals surface area contributed by atoms with Crippen LogP contribution < -0.4 is 0 Å². The largest absolute Gasteiger partial charge is 0.395 e. The quantitative estimate of drug-likeness (QED) is 0.749. The standard InChI is InChI=1S/C13H20N4O2/c1-2-11-4-3-5-12-13(11)14-15-17(12)10-16(6-8-18)7-9-19/h3-5,18-19H,2,6-10H2,1H3. The molecule has 0 bridgehead atoms. The number of aromatic nitrogens is 3. The van der Waals surface area contributed by atoms with Gasteiger partial charge in [-0.1, -0.05) is 24.3 Å². The molecule has 2 N–H and O–H groups in total. The molecule has 2 rings (SSSR count). The number of benzene rings is 1. The third-order valence-electron chi connectivity index (χ3n) is 3.18. The van der Waals surface area contributed by atoms with Crippen molar-refractivity contribution in [2.45, 2.75) is 20.0 Å². The molecule has 0 spiro atoms. The van der Waals surface area contributed by atoms with Crippen molar-refractivity contribution in [2.75, 3.05) is 26.3 Å². The van der Waals surface area contributed by atoms with Crippen LogP contribution in [-0.2, 0) is 13.1 Å². The third-order valence-corrected chi connectivity index (χ3v) is 3.18. The molecular weight excluding hydrogens is 244 g/mol. The van der Waals surface area contributed by atoms with Gasteiger partial charge < -0.3 is 10.2 Å². The van der Waals surface area contributed by atoms with Gasteiger partial charge in [-0.15, -0.1) is 5.10 Å². The molecule has 1 aromatic carbocycles. The zero-order chi connectivity index (χ0) is 13.7. The minimum atomic E-state index is 0.0623. The second-order valence-electron chi connectivity index (χ2n) is 4.43. The summed E-state index contributed by atoms with van der Waals surface area (Å²) in [6, 6.07) is 6.05. The van der Waals surface area contributed by atoms with Gasteiger partial charge in [-0.25, -0.2) is 4.68 Å². The van der Waals surface area contributed by atoms with Crippen LogP contribution in [0.5, 0.6) is 0 Å². The van der Waals surface area contributed by atoms with Crippen molar-refractivity contribution >= 4 is 11.0 Å². The van der Waals surface area contributed by atoms with Gasteiger partial charge in [0.15, 0.2) is 0 Å². The number of aryl methyl sites for hydroxylation is 1. The Morgan fingerprint density at radius 1 is 1.21 bits per heavy atom. The van der Waals surface area contributed by atoms with Crippen LogP contribution in [-0.4, -0.2) is 56.4 Å². The topological polar surface area (TPSA) is 74.4 Å². The highest BCUT2D eigenvalue weighted by Gasteiger charge is 2.10. The van der Waals surface area contributed by atoms with Crippen LogP contribution in [0.2, 0.25) is 0 Å². The summed E-state index contributed by atoms with van der Waals surface area (Å²) in [5, 5.41) is 26.4. The zero-order valence-electron chi connectivity index (χ0n) is 11.2. The highest BCUT2D eigenvalue weighted by molar-refractivity contribution is 5.77. The van der Waals surface area contributed by atoms with Crippen LogP contribution >= 0.6 is 0 Å². The van der Waals surface area contributed by atoms with Gasteiger partial charge in [0.05, 0.1) is 25.4 Å². The first-order valence-electron chi connectivity index (χ1n) is 6.55. The highest BCUT2D eigenvalue weighted by atomic mass is 16.3. The lowest BCUT2D eigenvalue weighted by atomic mass is 10.1. The van der Waals surface area contributed by atoms with E-state index in [0.717, 1.165) is 17.5 Å². The van der Waals surface area contributed by atoms with Crippen molar-refractivity contribution in [1.29, 1.82) is 0 Å². The fraction of sp³-hybridized carbons (Fsp3) is 0.538. The third kappa shape index (κ3) is 3.09. The van der Waals surface area contributed by atoms with Gasteiger partial charge in [0.2, 0.25) is 0 Å². The summed E-state index contributed by atoms with van der Waals surface area (Å²) < 4.78 is 1.81. The number of fused-ring (bicyclic) bond motifs is 1. The van der Waals surface area contributed by atoms with Crippen LogP contribution in [0.4, 0.5) is 0 Å². The van der Waals surface area contributed by atoms with Crippen molar-refractivity contribution in [3.05, 3.63) is 23.8 Å². The maximum absolute atomic E-state index is 9.02. The monoisotopic (exact) mass is 264 g/mol. The Bertz CT molecular complexity index is 520. The number of hydrogen-bond acceptors (Lipinski definition) is 5. The Labute approximate surface area is 112 Å². The van der Waals surface area contributed by atoms with E-state index in [1.165, 1.54) is 5.56 Å². The normalized spacial score (nSPS) is 11.6. The van der Waals surface area contributed by atoms with Crippen LogP contribution in [0.15, 0.2) is 18.2 Å². The van der Waals surface area contributed by atoms with E-state index in [9.17, 15) is 0 Å². The summed E-state index contributed by atoms with van der Waals surface area (Å²) >= 11 is 0. The van der Waals surface area contributed by atoms with Gasteiger partial charge in [0.1, 0.15) is 5.52 Å². The molecule has 6 nitrogen and oxygen atoms in total. The molecule has 19 heavy (non-hydrogen) atoms. The van der Waals surface area contributed by atoms with Gasteiger partial charge in [-0.3, -0.25) is 4.90 Å². The number of hydrogen-bond donors (Lipinski definition) is 2. The molecule has 0 saturated heterocycles. The van der Waals surface area contributed by atoms with Crippen molar-refractivity contribution in [2.24, 2.45) is 0 Å². The molecule has 104 valence electrons. The minimum absolute atomic E-state index is 0.0623. The van der Waals surface area contributed by atoms with Gasteiger partial charge in [-0.2, -0.15) is 0 Å². The first-order chi connectivity index (χ1) is 9.30. The molecule has 0 aliphatic rings. The molecule has 6 heteroatoms. The van der Waals surface area contributed by atoms with E-state index in [2.05, 4.69) is 23.3 Å². The lowest BCUT2D eigenvalue weighted by molar-refractivity contribution is 0.130. The molecule has 0 amide bonds. The fourth-order valence-corrected chi connectivity index (χ4v) is 2.16. The summed E-state index contributed by atoms with van der Waals surface area (Å²) in [5.74, 6) is 0. The molecular formula is C13H20N4O2. The van der Waals surface area contributed by atoms with E-state index in [-0.39, 0.29) is 13.2 Å². The lowest BCUT2D eigenvalue weighted by Crippen LogP contribution is -2.32.